The van der Waals surface area contributed by atoms with E-state index in [1.807, 2.05) is 0 Å². The highest BCUT2D eigenvalue weighted by atomic mass is 79.9. The maximum Gasteiger partial charge on any atom is 0.0207 e. The van der Waals surface area contributed by atoms with Crippen molar-refractivity contribution in [2.75, 3.05) is 7.05 Å². The lowest BCUT2D eigenvalue weighted by Gasteiger charge is -2.33. The Balaban J connectivity index is 1.99. The van der Waals surface area contributed by atoms with Gasteiger partial charge in [-0.05, 0) is 49.8 Å². The van der Waals surface area contributed by atoms with Crippen LogP contribution in [0.4, 0.5) is 0 Å². The third-order valence-electron chi connectivity index (χ3n) is 4.40. The Morgan fingerprint density at radius 1 is 1.22 bits per heavy atom. The Morgan fingerprint density at radius 3 is 2.50 bits per heavy atom. The summed E-state index contributed by atoms with van der Waals surface area (Å²) < 4.78 is 1.24. The summed E-state index contributed by atoms with van der Waals surface area (Å²) >= 11 is 3.66. The van der Waals surface area contributed by atoms with E-state index in [1.54, 1.807) is 0 Å². The smallest absolute Gasteiger partial charge is 0.0207 e. The Hall–Kier alpha value is -0.340. The summed E-state index contributed by atoms with van der Waals surface area (Å²) in [5, 5.41) is 3.54. The van der Waals surface area contributed by atoms with Gasteiger partial charge in [0.05, 0.1) is 0 Å². The molecule has 1 unspecified atom stereocenters. The summed E-state index contributed by atoms with van der Waals surface area (Å²) in [6.07, 6.45) is 6.71. The molecular weight excluding hydrogens is 286 g/mol. The Kier molecular flexibility index (Phi) is 5.25. The van der Waals surface area contributed by atoms with E-state index >= 15 is 0 Å². The van der Waals surface area contributed by atoms with Crippen molar-refractivity contribution in [3.05, 3.63) is 34.3 Å². The van der Waals surface area contributed by atoms with Crippen molar-refractivity contribution in [1.29, 1.82) is 0 Å². The Morgan fingerprint density at radius 2 is 1.89 bits per heavy atom. The zero-order valence-corrected chi connectivity index (χ0v) is 13.0. The number of hydrogen-bond acceptors (Lipinski definition) is 1. The van der Waals surface area contributed by atoms with Crippen LogP contribution in [0.1, 0.15) is 38.2 Å². The van der Waals surface area contributed by atoms with Gasteiger partial charge in [-0.2, -0.15) is 0 Å². The Labute approximate surface area is 119 Å². The highest BCUT2D eigenvalue weighted by Crippen LogP contribution is 2.32. The molecule has 1 nitrogen and oxygen atoms in total. The molecule has 0 heterocycles. The van der Waals surface area contributed by atoms with Crippen molar-refractivity contribution < 1.29 is 0 Å². The van der Waals surface area contributed by atoms with E-state index in [4.69, 9.17) is 0 Å². The summed E-state index contributed by atoms with van der Waals surface area (Å²) in [5.41, 5.74) is 1.43. The molecule has 0 radical (unpaired) electrons. The van der Waals surface area contributed by atoms with Crippen molar-refractivity contribution in [1.82, 2.24) is 5.32 Å². The summed E-state index contributed by atoms with van der Waals surface area (Å²) in [7, 11) is 2.11. The molecule has 0 spiro atoms. The number of nitrogens with one attached hydrogen (secondary N) is 1. The lowest BCUT2D eigenvalue weighted by molar-refractivity contribution is 0.235. The van der Waals surface area contributed by atoms with Crippen molar-refractivity contribution in [2.24, 2.45) is 11.8 Å². The molecule has 2 rings (SSSR count). The van der Waals surface area contributed by atoms with Crippen molar-refractivity contribution >= 4 is 15.9 Å². The van der Waals surface area contributed by atoms with E-state index in [0.29, 0.717) is 6.04 Å². The van der Waals surface area contributed by atoms with E-state index in [0.717, 1.165) is 18.3 Å². The minimum Gasteiger partial charge on any atom is -0.316 e. The van der Waals surface area contributed by atoms with Gasteiger partial charge in [-0.15, -0.1) is 0 Å². The quantitative estimate of drug-likeness (QED) is 0.869. The van der Waals surface area contributed by atoms with E-state index in [9.17, 15) is 0 Å². The van der Waals surface area contributed by atoms with E-state index in [2.05, 4.69) is 59.5 Å². The molecule has 0 saturated heterocycles. The monoisotopic (exact) mass is 309 g/mol. The second-order valence-electron chi connectivity index (χ2n) is 5.71. The van der Waals surface area contributed by atoms with E-state index in [1.165, 1.54) is 35.7 Å². The van der Waals surface area contributed by atoms with Crippen LogP contribution in [-0.4, -0.2) is 13.1 Å². The van der Waals surface area contributed by atoms with Gasteiger partial charge < -0.3 is 5.32 Å². The van der Waals surface area contributed by atoms with Crippen molar-refractivity contribution in [3.63, 3.8) is 0 Å². The van der Waals surface area contributed by atoms with Gasteiger partial charge in [0.1, 0.15) is 0 Å². The summed E-state index contributed by atoms with van der Waals surface area (Å²) in [6, 6.07) is 9.22. The number of likely N-dealkylation sites (N-methyl/N-ethyl adjacent to an activating group) is 1. The van der Waals surface area contributed by atoms with Gasteiger partial charge >= 0.3 is 0 Å². The highest BCUT2D eigenvalue weighted by molar-refractivity contribution is 9.10. The molecule has 2 heteroatoms. The molecular formula is C16H24BrN. The molecule has 1 aliphatic carbocycles. The molecule has 100 valence electrons. The SMILES string of the molecule is CNC(Cc1ccccc1Br)C1CCC(C)CC1. The number of benzene rings is 1. The molecule has 1 aromatic carbocycles. The predicted molar refractivity (Wildman–Crippen MR) is 81.8 cm³/mol. The van der Waals surface area contributed by atoms with Gasteiger partial charge in [0.2, 0.25) is 0 Å². The van der Waals surface area contributed by atoms with Crippen molar-refractivity contribution in [2.45, 2.75) is 45.1 Å². The molecule has 0 bridgehead atoms. The zero-order chi connectivity index (χ0) is 13.0. The largest absolute Gasteiger partial charge is 0.316 e. The van der Waals surface area contributed by atoms with E-state index < -0.39 is 0 Å². The average Bonchev–Trinajstić information content (AvgIpc) is 2.39. The fourth-order valence-corrected chi connectivity index (χ4v) is 3.54. The average molecular weight is 310 g/mol. The summed E-state index contributed by atoms with van der Waals surface area (Å²) in [6.45, 7) is 2.39. The molecule has 1 N–H and O–H groups in total. The number of rotatable bonds is 4. The molecule has 1 aromatic rings. The summed E-state index contributed by atoms with van der Waals surface area (Å²) in [5.74, 6) is 1.78. The van der Waals surface area contributed by atoms with E-state index in [-0.39, 0.29) is 0 Å². The molecule has 0 aliphatic heterocycles. The van der Waals surface area contributed by atoms with Crippen LogP contribution in [0.2, 0.25) is 0 Å². The van der Waals surface area contributed by atoms with Gasteiger partial charge in [-0.1, -0.05) is 53.9 Å². The molecule has 0 amide bonds. The van der Waals surface area contributed by atoms with Crippen LogP contribution < -0.4 is 5.32 Å². The standard InChI is InChI=1S/C16H24BrN/c1-12-7-9-13(10-8-12)16(18-2)11-14-5-3-4-6-15(14)17/h3-6,12-13,16,18H,7-11H2,1-2H3. The first-order valence-electron chi connectivity index (χ1n) is 7.11. The third-order valence-corrected chi connectivity index (χ3v) is 5.17. The highest BCUT2D eigenvalue weighted by Gasteiger charge is 2.25. The van der Waals surface area contributed by atoms with Crippen molar-refractivity contribution in [3.8, 4) is 0 Å². The minimum absolute atomic E-state index is 0.621. The Bertz CT molecular complexity index is 369. The molecule has 1 aliphatic rings. The number of halogens is 1. The lowest BCUT2D eigenvalue weighted by atomic mass is 9.78. The first-order chi connectivity index (χ1) is 8.70. The first kappa shape index (κ1) is 14.1. The van der Waals surface area contributed by atoms with Crippen LogP contribution in [0.3, 0.4) is 0 Å². The van der Waals surface area contributed by atoms with Crippen LogP contribution in [-0.2, 0) is 6.42 Å². The second-order valence-corrected chi connectivity index (χ2v) is 6.56. The minimum atomic E-state index is 0.621. The third kappa shape index (κ3) is 3.58. The van der Waals surface area contributed by atoms with Crippen LogP contribution in [0.15, 0.2) is 28.7 Å². The van der Waals surface area contributed by atoms with Crippen LogP contribution in [0, 0.1) is 11.8 Å². The van der Waals surface area contributed by atoms with Crippen LogP contribution in [0.25, 0.3) is 0 Å². The van der Waals surface area contributed by atoms with Gasteiger partial charge in [0.15, 0.2) is 0 Å². The maximum atomic E-state index is 3.66. The van der Waals surface area contributed by atoms with Gasteiger partial charge in [-0.25, -0.2) is 0 Å². The lowest BCUT2D eigenvalue weighted by Crippen LogP contribution is -2.37. The molecule has 0 aromatic heterocycles. The first-order valence-corrected chi connectivity index (χ1v) is 7.90. The zero-order valence-electron chi connectivity index (χ0n) is 11.5. The van der Waals surface area contributed by atoms with Crippen LogP contribution >= 0.6 is 15.9 Å². The van der Waals surface area contributed by atoms with Gasteiger partial charge in [-0.3, -0.25) is 0 Å². The fraction of sp³-hybridized carbons (Fsp3) is 0.625. The second kappa shape index (κ2) is 6.72. The predicted octanol–water partition coefficient (Wildman–Crippen LogP) is 4.41. The normalized spacial score (nSPS) is 25.9. The summed E-state index contributed by atoms with van der Waals surface area (Å²) in [4.78, 5) is 0. The molecule has 18 heavy (non-hydrogen) atoms. The van der Waals surface area contributed by atoms with Gasteiger partial charge in [0.25, 0.3) is 0 Å². The fourth-order valence-electron chi connectivity index (χ4n) is 3.09. The maximum absolute atomic E-state index is 3.66. The molecule has 1 saturated carbocycles. The van der Waals surface area contributed by atoms with Crippen LogP contribution in [0.5, 0.6) is 0 Å². The molecule has 1 atom stereocenters. The van der Waals surface area contributed by atoms with Gasteiger partial charge in [0, 0.05) is 10.5 Å². The topological polar surface area (TPSA) is 12.0 Å². The number of hydrogen-bond donors (Lipinski definition) is 1. The molecule has 1 fully saturated rings.